The average Bonchev–Trinajstić information content (AvgIpc) is 2.64. The SMILES string of the molecule is CCOC(=O)CCCNC(=NC)N1CCC(Oc2ccccc2)CC1. The van der Waals surface area contributed by atoms with Crippen LogP contribution in [0.15, 0.2) is 35.3 Å². The zero-order valence-electron chi connectivity index (χ0n) is 15.2. The fourth-order valence-corrected chi connectivity index (χ4v) is 2.88. The van der Waals surface area contributed by atoms with Crippen LogP contribution in [0.25, 0.3) is 0 Å². The molecule has 0 atom stereocenters. The third-order valence-electron chi connectivity index (χ3n) is 4.15. The number of nitrogens with one attached hydrogen (secondary N) is 1. The van der Waals surface area contributed by atoms with E-state index in [2.05, 4.69) is 15.2 Å². The van der Waals surface area contributed by atoms with Gasteiger partial charge in [0, 0.05) is 45.9 Å². The number of esters is 1. The van der Waals surface area contributed by atoms with Crippen molar-refractivity contribution in [3.05, 3.63) is 30.3 Å². The molecule has 1 N–H and O–H groups in total. The molecular formula is C19H29N3O3. The normalized spacial score (nSPS) is 15.8. The van der Waals surface area contributed by atoms with E-state index in [0.29, 0.717) is 19.6 Å². The molecule has 0 aromatic heterocycles. The van der Waals surface area contributed by atoms with Gasteiger partial charge in [-0.05, 0) is 25.5 Å². The maximum atomic E-state index is 11.3. The van der Waals surface area contributed by atoms with Crippen LogP contribution in [0.2, 0.25) is 0 Å². The lowest BCUT2D eigenvalue weighted by Gasteiger charge is -2.34. The first-order valence-corrected chi connectivity index (χ1v) is 9.06. The fraction of sp³-hybridized carbons (Fsp3) is 0.579. The Morgan fingerprint density at radius 2 is 2.00 bits per heavy atom. The highest BCUT2D eigenvalue weighted by Gasteiger charge is 2.22. The monoisotopic (exact) mass is 347 g/mol. The molecule has 1 fully saturated rings. The Bertz CT molecular complexity index is 540. The predicted molar refractivity (Wildman–Crippen MR) is 98.9 cm³/mol. The molecule has 6 heteroatoms. The number of para-hydroxylation sites is 1. The lowest BCUT2D eigenvalue weighted by atomic mass is 10.1. The average molecular weight is 347 g/mol. The molecule has 0 amide bonds. The van der Waals surface area contributed by atoms with Gasteiger partial charge in [-0.25, -0.2) is 0 Å². The van der Waals surface area contributed by atoms with Crippen molar-refractivity contribution in [3.63, 3.8) is 0 Å². The van der Waals surface area contributed by atoms with Gasteiger partial charge in [0.25, 0.3) is 0 Å². The standard InChI is InChI=1S/C19H29N3O3/c1-3-24-18(23)10-7-13-21-19(20-2)22-14-11-17(12-15-22)25-16-8-5-4-6-9-16/h4-6,8-9,17H,3,7,10-15H2,1-2H3,(H,20,21). The lowest BCUT2D eigenvalue weighted by Crippen LogP contribution is -2.47. The maximum absolute atomic E-state index is 11.3. The second-order valence-electron chi connectivity index (χ2n) is 6.00. The summed E-state index contributed by atoms with van der Waals surface area (Å²) in [5.74, 6) is 1.68. The Kier molecular flexibility index (Phi) is 8.09. The van der Waals surface area contributed by atoms with Crippen molar-refractivity contribution in [2.75, 3.05) is 33.3 Å². The summed E-state index contributed by atoms with van der Waals surface area (Å²) in [6.45, 7) is 4.80. The molecule has 1 aromatic rings. The smallest absolute Gasteiger partial charge is 0.305 e. The molecule has 138 valence electrons. The molecule has 0 saturated carbocycles. The van der Waals surface area contributed by atoms with Gasteiger partial charge in [0.05, 0.1) is 6.61 Å². The van der Waals surface area contributed by atoms with E-state index < -0.39 is 0 Å². The Morgan fingerprint density at radius 3 is 2.64 bits per heavy atom. The van der Waals surface area contributed by atoms with Gasteiger partial charge >= 0.3 is 5.97 Å². The van der Waals surface area contributed by atoms with Crippen molar-refractivity contribution in [3.8, 4) is 5.75 Å². The van der Waals surface area contributed by atoms with Crippen LogP contribution in [0, 0.1) is 0 Å². The lowest BCUT2D eigenvalue weighted by molar-refractivity contribution is -0.143. The van der Waals surface area contributed by atoms with E-state index in [4.69, 9.17) is 9.47 Å². The van der Waals surface area contributed by atoms with Gasteiger partial charge in [0.1, 0.15) is 11.9 Å². The molecule has 6 nitrogen and oxygen atoms in total. The third kappa shape index (κ3) is 6.64. The summed E-state index contributed by atoms with van der Waals surface area (Å²) in [6.07, 6.45) is 3.37. The van der Waals surface area contributed by atoms with Crippen molar-refractivity contribution in [2.24, 2.45) is 4.99 Å². The molecule has 0 unspecified atom stereocenters. The first-order valence-electron chi connectivity index (χ1n) is 9.06. The number of likely N-dealkylation sites (tertiary alicyclic amines) is 1. The summed E-state index contributed by atoms with van der Waals surface area (Å²) in [6, 6.07) is 9.97. The molecule has 0 bridgehead atoms. The summed E-state index contributed by atoms with van der Waals surface area (Å²) < 4.78 is 11.0. The summed E-state index contributed by atoms with van der Waals surface area (Å²) in [5.41, 5.74) is 0. The van der Waals surface area contributed by atoms with Crippen molar-refractivity contribution in [1.82, 2.24) is 10.2 Å². The Balaban J connectivity index is 1.68. The zero-order chi connectivity index (χ0) is 17.9. The second kappa shape index (κ2) is 10.6. The van der Waals surface area contributed by atoms with E-state index in [0.717, 1.165) is 44.1 Å². The summed E-state index contributed by atoms with van der Waals surface area (Å²) in [5, 5.41) is 3.33. The molecule has 0 radical (unpaired) electrons. The zero-order valence-corrected chi connectivity index (χ0v) is 15.2. The fourth-order valence-electron chi connectivity index (χ4n) is 2.88. The topological polar surface area (TPSA) is 63.2 Å². The molecule has 1 saturated heterocycles. The van der Waals surface area contributed by atoms with Crippen LogP contribution in [-0.2, 0) is 9.53 Å². The summed E-state index contributed by atoms with van der Waals surface area (Å²) >= 11 is 0. The molecule has 2 rings (SSSR count). The highest BCUT2D eigenvalue weighted by molar-refractivity contribution is 5.80. The quantitative estimate of drug-likeness (QED) is 0.355. The van der Waals surface area contributed by atoms with Crippen molar-refractivity contribution in [1.29, 1.82) is 0 Å². The second-order valence-corrected chi connectivity index (χ2v) is 6.00. The Labute approximate surface area is 150 Å². The Morgan fingerprint density at radius 1 is 1.28 bits per heavy atom. The number of carbonyl (C=O) groups excluding carboxylic acids is 1. The predicted octanol–water partition coefficient (Wildman–Crippen LogP) is 2.45. The highest BCUT2D eigenvalue weighted by Crippen LogP contribution is 2.18. The van der Waals surface area contributed by atoms with Crippen LogP contribution in [0.5, 0.6) is 5.75 Å². The van der Waals surface area contributed by atoms with Crippen LogP contribution in [0.1, 0.15) is 32.6 Å². The van der Waals surface area contributed by atoms with Crippen LogP contribution >= 0.6 is 0 Å². The largest absolute Gasteiger partial charge is 0.490 e. The number of benzene rings is 1. The van der Waals surface area contributed by atoms with E-state index in [1.165, 1.54) is 0 Å². The number of hydrogen-bond donors (Lipinski definition) is 1. The van der Waals surface area contributed by atoms with Gasteiger partial charge in [-0.2, -0.15) is 0 Å². The highest BCUT2D eigenvalue weighted by atomic mass is 16.5. The van der Waals surface area contributed by atoms with E-state index >= 15 is 0 Å². The minimum Gasteiger partial charge on any atom is -0.490 e. The van der Waals surface area contributed by atoms with Gasteiger partial charge < -0.3 is 19.7 Å². The molecule has 1 heterocycles. The number of aliphatic imine (C=N–C) groups is 1. The van der Waals surface area contributed by atoms with E-state index in [1.807, 2.05) is 37.3 Å². The molecule has 1 aromatic carbocycles. The summed E-state index contributed by atoms with van der Waals surface area (Å²) in [7, 11) is 1.79. The van der Waals surface area contributed by atoms with E-state index in [1.54, 1.807) is 7.05 Å². The number of guanidine groups is 1. The van der Waals surface area contributed by atoms with Crippen molar-refractivity contribution < 1.29 is 14.3 Å². The van der Waals surface area contributed by atoms with Crippen LogP contribution in [-0.4, -0.2) is 56.2 Å². The first-order chi connectivity index (χ1) is 12.2. The minimum atomic E-state index is -0.141. The first kappa shape index (κ1) is 19.1. The van der Waals surface area contributed by atoms with Gasteiger partial charge in [0.15, 0.2) is 5.96 Å². The van der Waals surface area contributed by atoms with E-state index in [9.17, 15) is 4.79 Å². The van der Waals surface area contributed by atoms with Crippen molar-refractivity contribution in [2.45, 2.75) is 38.7 Å². The van der Waals surface area contributed by atoms with Crippen LogP contribution in [0.3, 0.4) is 0 Å². The maximum Gasteiger partial charge on any atom is 0.305 e. The van der Waals surface area contributed by atoms with Crippen LogP contribution in [0.4, 0.5) is 0 Å². The number of hydrogen-bond acceptors (Lipinski definition) is 4. The molecule has 0 spiro atoms. The van der Waals surface area contributed by atoms with Gasteiger partial charge in [-0.3, -0.25) is 9.79 Å². The number of carbonyl (C=O) groups is 1. The number of ether oxygens (including phenoxy) is 2. The molecule has 25 heavy (non-hydrogen) atoms. The molecule has 1 aliphatic rings. The van der Waals surface area contributed by atoms with Gasteiger partial charge in [0.2, 0.25) is 0 Å². The number of rotatable bonds is 7. The third-order valence-corrected chi connectivity index (χ3v) is 4.15. The van der Waals surface area contributed by atoms with Gasteiger partial charge in [-0.1, -0.05) is 18.2 Å². The Hall–Kier alpha value is -2.24. The molecular weight excluding hydrogens is 318 g/mol. The van der Waals surface area contributed by atoms with E-state index in [-0.39, 0.29) is 12.1 Å². The molecule has 1 aliphatic heterocycles. The van der Waals surface area contributed by atoms with Crippen LogP contribution < -0.4 is 10.1 Å². The number of piperidine rings is 1. The number of nitrogens with zero attached hydrogens (tertiary/aromatic N) is 2. The summed E-state index contributed by atoms with van der Waals surface area (Å²) in [4.78, 5) is 17.9. The molecule has 0 aliphatic carbocycles. The van der Waals surface area contributed by atoms with Crippen molar-refractivity contribution >= 4 is 11.9 Å². The van der Waals surface area contributed by atoms with Gasteiger partial charge in [-0.15, -0.1) is 0 Å². The minimum absolute atomic E-state index is 0.141.